The summed E-state index contributed by atoms with van der Waals surface area (Å²) in [6.07, 6.45) is 10.3. The van der Waals surface area contributed by atoms with Crippen molar-refractivity contribution in [3.63, 3.8) is 0 Å². The Morgan fingerprint density at radius 2 is 2.11 bits per heavy atom. The molecule has 0 aromatic carbocycles. The van der Waals surface area contributed by atoms with Crippen molar-refractivity contribution in [1.82, 2.24) is 14.6 Å². The molecule has 3 rings (SSSR count). The zero-order chi connectivity index (χ0) is 13.1. The highest BCUT2D eigenvalue weighted by molar-refractivity contribution is 5.48. The van der Waals surface area contributed by atoms with E-state index < -0.39 is 0 Å². The normalized spacial score (nSPS) is 16.9. The topological polar surface area (TPSA) is 59.5 Å². The van der Waals surface area contributed by atoms with Crippen LogP contribution in [-0.2, 0) is 0 Å². The molecule has 2 N–H and O–H groups in total. The Hall–Kier alpha value is -1.62. The molecule has 0 aliphatic heterocycles. The maximum atomic E-state index is 5.78. The third kappa shape index (κ3) is 2.56. The van der Waals surface area contributed by atoms with Crippen LogP contribution in [0.1, 0.15) is 32.1 Å². The quantitative estimate of drug-likeness (QED) is 0.910. The van der Waals surface area contributed by atoms with E-state index in [-0.39, 0.29) is 0 Å². The second kappa shape index (κ2) is 5.57. The number of rotatable bonds is 4. The van der Waals surface area contributed by atoms with Crippen molar-refractivity contribution in [2.45, 2.75) is 38.1 Å². The number of aromatic nitrogens is 3. The summed E-state index contributed by atoms with van der Waals surface area (Å²) in [7, 11) is 0. The van der Waals surface area contributed by atoms with E-state index in [9.17, 15) is 0 Å². The molecular formula is C14H21N5. The average Bonchev–Trinajstić information content (AvgIpc) is 2.93. The first kappa shape index (κ1) is 12.4. The molecule has 19 heavy (non-hydrogen) atoms. The van der Waals surface area contributed by atoms with Gasteiger partial charge in [0.25, 0.3) is 0 Å². The molecule has 2 heterocycles. The SMILES string of the molecule is NCCN(c1ccn2nccc2n1)C1CCCCC1. The van der Waals surface area contributed by atoms with Gasteiger partial charge in [-0.1, -0.05) is 19.3 Å². The summed E-state index contributed by atoms with van der Waals surface area (Å²) in [4.78, 5) is 7.08. The van der Waals surface area contributed by atoms with Crippen molar-refractivity contribution in [2.75, 3.05) is 18.0 Å². The van der Waals surface area contributed by atoms with Crippen molar-refractivity contribution in [3.05, 3.63) is 24.5 Å². The molecular weight excluding hydrogens is 238 g/mol. The van der Waals surface area contributed by atoms with Crippen molar-refractivity contribution in [2.24, 2.45) is 5.73 Å². The Morgan fingerprint density at radius 1 is 1.26 bits per heavy atom. The van der Waals surface area contributed by atoms with E-state index in [1.165, 1.54) is 32.1 Å². The highest BCUT2D eigenvalue weighted by Gasteiger charge is 2.21. The van der Waals surface area contributed by atoms with Gasteiger partial charge < -0.3 is 10.6 Å². The van der Waals surface area contributed by atoms with E-state index in [0.717, 1.165) is 18.0 Å². The van der Waals surface area contributed by atoms with Gasteiger partial charge in [0.2, 0.25) is 0 Å². The molecule has 1 aliphatic carbocycles. The highest BCUT2D eigenvalue weighted by atomic mass is 15.3. The fraction of sp³-hybridized carbons (Fsp3) is 0.571. The van der Waals surface area contributed by atoms with Gasteiger partial charge in [-0.25, -0.2) is 9.50 Å². The van der Waals surface area contributed by atoms with Gasteiger partial charge in [-0.3, -0.25) is 0 Å². The summed E-state index contributed by atoms with van der Waals surface area (Å²) < 4.78 is 1.80. The van der Waals surface area contributed by atoms with Gasteiger partial charge in [0.15, 0.2) is 5.65 Å². The first-order chi connectivity index (χ1) is 9.38. The molecule has 0 saturated heterocycles. The number of hydrogen-bond donors (Lipinski definition) is 1. The molecule has 102 valence electrons. The zero-order valence-corrected chi connectivity index (χ0v) is 11.2. The lowest BCUT2D eigenvalue weighted by Crippen LogP contribution is -2.40. The Balaban J connectivity index is 1.88. The lowest BCUT2D eigenvalue weighted by Gasteiger charge is -2.35. The largest absolute Gasteiger partial charge is 0.352 e. The Labute approximate surface area is 113 Å². The number of anilines is 1. The summed E-state index contributed by atoms with van der Waals surface area (Å²) in [6, 6.07) is 4.57. The van der Waals surface area contributed by atoms with Gasteiger partial charge in [-0.05, 0) is 18.9 Å². The van der Waals surface area contributed by atoms with E-state index in [1.807, 2.05) is 18.3 Å². The van der Waals surface area contributed by atoms with Crippen LogP contribution >= 0.6 is 0 Å². The summed E-state index contributed by atoms with van der Waals surface area (Å²) in [5, 5.41) is 4.19. The molecule has 5 nitrogen and oxygen atoms in total. The number of fused-ring (bicyclic) bond motifs is 1. The fourth-order valence-corrected chi connectivity index (χ4v) is 2.98. The number of hydrogen-bond acceptors (Lipinski definition) is 4. The molecule has 1 fully saturated rings. The fourth-order valence-electron chi connectivity index (χ4n) is 2.98. The smallest absolute Gasteiger partial charge is 0.157 e. The van der Waals surface area contributed by atoms with Crippen LogP contribution in [0.15, 0.2) is 24.5 Å². The Kier molecular flexibility index (Phi) is 3.64. The molecule has 0 atom stereocenters. The lowest BCUT2D eigenvalue weighted by atomic mass is 9.94. The van der Waals surface area contributed by atoms with Crippen LogP contribution in [0.2, 0.25) is 0 Å². The van der Waals surface area contributed by atoms with E-state index in [1.54, 1.807) is 10.7 Å². The highest BCUT2D eigenvalue weighted by Crippen LogP contribution is 2.26. The van der Waals surface area contributed by atoms with Crippen LogP contribution in [0.4, 0.5) is 5.82 Å². The molecule has 5 heteroatoms. The van der Waals surface area contributed by atoms with E-state index in [2.05, 4.69) is 10.00 Å². The van der Waals surface area contributed by atoms with Crippen LogP contribution in [-0.4, -0.2) is 33.7 Å². The Bertz CT molecular complexity index is 529. The molecule has 1 saturated carbocycles. The molecule has 0 radical (unpaired) electrons. The minimum Gasteiger partial charge on any atom is -0.352 e. The maximum Gasteiger partial charge on any atom is 0.157 e. The maximum absolute atomic E-state index is 5.78. The molecule has 2 aromatic rings. The van der Waals surface area contributed by atoms with Crippen molar-refractivity contribution in [1.29, 1.82) is 0 Å². The number of nitrogens with zero attached hydrogens (tertiary/aromatic N) is 4. The molecule has 2 aromatic heterocycles. The average molecular weight is 259 g/mol. The first-order valence-corrected chi connectivity index (χ1v) is 7.15. The number of nitrogens with two attached hydrogens (primary N) is 1. The second-order valence-corrected chi connectivity index (χ2v) is 5.19. The van der Waals surface area contributed by atoms with E-state index in [4.69, 9.17) is 10.7 Å². The third-order valence-electron chi connectivity index (χ3n) is 3.92. The van der Waals surface area contributed by atoms with E-state index in [0.29, 0.717) is 12.6 Å². The minimum absolute atomic E-state index is 0.593. The first-order valence-electron chi connectivity index (χ1n) is 7.15. The zero-order valence-electron chi connectivity index (χ0n) is 11.2. The van der Waals surface area contributed by atoms with Crippen LogP contribution in [0.5, 0.6) is 0 Å². The molecule has 0 spiro atoms. The van der Waals surface area contributed by atoms with Crippen LogP contribution in [0, 0.1) is 0 Å². The second-order valence-electron chi connectivity index (χ2n) is 5.19. The van der Waals surface area contributed by atoms with Gasteiger partial charge in [0.05, 0.1) is 6.20 Å². The van der Waals surface area contributed by atoms with E-state index >= 15 is 0 Å². The van der Waals surface area contributed by atoms with Gasteiger partial charge >= 0.3 is 0 Å². The van der Waals surface area contributed by atoms with Gasteiger partial charge in [0, 0.05) is 31.4 Å². The summed E-state index contributed by atoms with van der Waals surface area (Å²) in [5.41, 5.74) is 6.68. The predicted octanol–water partition coefficient (Wildman–Crippen LogP) is 1.83. The van der Waals surface area contributed by atoms with Crippen LogP contribution in [0.3, 0.4) is 0 Å². The lowest BCUT2D eigenvalue weighted by molar-refractivity contribution is 0.414. The summed E-state index contributed by atoms with van der Waals surface area (Å²) in [5.74, 6) is 1.03. The minimum atomic E-state index is 0.593. The standard InChI is InChI=1S/C14H21N5/c15-8-11-18(12-4-2-1-3-5-12)13-7-10-19-14(17-13)6-9-16-19/h6-7,9-10,12H,1-5,8,11,15H2. The van der Waals surface area contributed by atoms with Crippen LogP contribution < -0.4 is 10.6 Å². The molecule has 0 bridgehead atoms. The van der Waals surface area contributed by atoms with Crippen molar-refractivity contribution in [3.8, 4) is 0 Å². The van der Waals surface area contributed by atoms with Gasteiger partial charge in [-0.2, -0.15) is 5.10 Å². The molecule has 0 amide bonds. The van der Waals surface area contributed by atoms with Crippen molar-refractivity contribution >= 4 is 11.5 Å². The van der Waals surface area contributed by atoms with Crippen LogP contribution in [0.25, 0.3) is 5.65 Å². The molecule has 0 unspecified atom stereocenters. The Morgan fingerprint density at radius 3 is 2.89 bits per heavy atom. The van der Waals surface area contributed by atoms with Gasteiger partial charge in [0.1, 0.15) is 5.82 Å². The van der Waals surface area contributed by atoms with Crippen molar-refractivity contribution < 1.29 is 0 Å². The molecule has 1 aliphatic rings. The summed E-state index contributed by atoms with van der Waals surface area (Å²) in [6.45, 7) is 1.55. The third-order valence-corrected chi connectivity index (χ3v) is 3.92. The van der Waals surface area contributed by atoms with Gasteiger partial charge in [-0.15, -0.1) is 0 Å². The monoisotopic (exact) mass is 259 g/mol. The summed E-state index contributed by atoms with van der Waals surface area (Å²) >= 11 is 0. The predicted molar refractivity (Wildman–Crippen MR) is 76.3 cm³/mol.